The molecule has 3 heteroatoms. The van der Waals surface area contributed by atoms with Gasteiger partial charge in [0.25, 0.3) is 0 Å². The molecule has 0 saturated heterocycles. The second-order valence-corrected chi connectivity index (χ2v) is 4.96. The average molecular weight is 256 g/mol. The molecule has 0 spiro atoms. The molecule has 1 aromatic rings. The Morgan fingerprint density at radius 3 is 2.71 bits per heavy atom. The smallest absolute Gasteiger partial charge is 0.0622 e. The fraction of sp³-hybridized carbons (Fsp3) is 0.571. The van der Waals surface area contributed by atoms with Crippen molar-refractivity contribution in [3.05, 3.63) is 34.9 Å². The van der Waals surface area contributed by atoms with Gasteiger partial charge in [0.05, 0.1) is 6.61 Å². The van der Waals surface area contributed by atoms with E-state index in [2.05, 4.69) is 25.2 Å². The Labute approximate surface area is 109 Å². The lowest BCUT2D eigenvalue weighted by molar-refractivity contribution is 0.108. The van der Waals surface area contributed by atoms with E-state index >= 15 is 0 Å². The Morgan fingerprint density at radius 2 is 2.12 bits per heavy atom. The van der Waals surface area contributed by atoms with Gasteiger partial charge in [-0.05, 0) is 30.5 Å². The van der Waals surface area contributed by atoms with Gasteiger partial charge in [-0.2, -0.15) is 0 Å². The third kappa shape index (κ3) is 5.53. The van der Waals surface area contributed by atoms with E-state index in [-0.39, 0.29) is 0 Å². The lowest BCUT2D eigenvalue weighted by atomic mass is 10.0. The highest BCUT2D eigenvalue weighted by Crippen LogP contribution is 2.11. The molecule has 0 radical (unpaired) electrons. The maximum Gasteiger partial charge on any atom is 0.0622 e. The van der Waals surface area contributed by atoms with Gasteiger partial charge in [-0.3, -0.25) is 0 Å². The van der Waals surface area contributed by atoms with Gasteiger partial charge in [0.2, 0.25) is 0 Å². The summed E-state index contributed by atoms with van der Waals surface area (Å²) in [6.07, 6.45) is 0. The van der Waals surface area contributed by atoms with Crippen LogP contribution in [0.4, 0.5) is 0 Å². The van der Waals surface area contributed by atoms with Crippen LogP contribution in [-0.2, 0) is 11.3 Å². The van der Waals surface area contributed by atoms with E-state index in [4.69, 9.17) is 16.3 Å². The van der Waals surface area contributed by atoms with E-state index < -0.39 is 0 Å². The van der Waals surface area contributed by atoms with Crippen LogP contribution in [0.1, 0.15) is 26.3 Å². The Bertz CT molecular complexity index is 328. The van der Waals surface area contributed by atoms with Crippen molar-refractivity contribution in [3.8, 4) is 0 Å². The van der Waals surface area contributed by atoms with E-state index in [1.807, 2.05) is 25.1 Å². The quantitative estimate of drug-likeness (QED) is 0.805. The second-order valence-electron chi connectivity index (χ2n) is 4.52. The summed E-state index contributed by atoms with van der Waals surface area (Å²) >= 11 is 5.95. The van der Waals surface area contributed by atoms with Crippen molar-refractivity contribution in [2.75, 3.05) is 13.2 Å². The molecule has 0 aliphatic rings. The molecule has 0 aliphatic heterocycles. The van der Waals surface area contributed by atoms with E-state index in [9.17, 15) is 0 Å². The summed E-state index contributed by atoms with van der Waals surface area (Å²) < 4.78 is 5.48. The first-order chi connectivity index (χ1) is 8.13. The standard InChI is InChI=1S/C14H22ClNO/c1-4-17-10-14(11(2)3)16-9-12-6-5-7-13(15)8-12/h5-8,11,14,16H,4,9-10H2,1-3H3. The molecule has 2 nitrogen and oxygen atoms in total. The van der Waals surface area contributed by atoms with Crippen LogP contribution in [0.2, 0.25) is 5.02 Å². The second kappa shape index (κ2) is 7.70. The molecule has 0 aromatic heterocycles. The number of hydrogen-bond donors (Lipinski definition) is 1. The van der Waals surface area contributed by atoms with E-state index in [1.54, 1.807) is 0 Å². The van der Waals surface area contributed by atoms with Crippen molar-refractivity contribution in [2.45, 2.75) is 33.4 Å². The van der Waals surface area contributed by atoms with Gasteiger partial charge >= 0.3 is 0 Å². The molecule has 1 aromatic carbocycles. The van der Waals surface area contributed by atoms with Crippen LogP contribution in [0.25, 0.3) is 0 Å². The van der Waals surface area contributed by atoms with Crippen molar-refractivity contribution >= 4 is 11.6 Å². The highest BCUT2D eigenvalue weighted by molar-refractivity contribution is 6.30. The first kappa shape index (κ1) is 14.5. The largest absolute Gasteiger partial charge is 0.380 e. The average Bonchev–Trinajstić information content (AvgIpc) is 2.28. The van der Waals surface area contributed by atoms with Gasteiger partial charge in [-0.1, -0.05) is 37.6 Å². The monoisotopic (exact) mass is 255 g/mol. The molecule has 0 saturated carbocycles. The summed E-state index contributed by atoms with van der Waals surface area (Å²) in [7, 11) is 0. The molecule has 0 bridgehead atoms. The van der Waals surface area contributed by atoms with Crippen LogP contribution in [-0.4, -0.2) is 19.3 Å². The zero-order chi connectivity index (χ0) is 12.7. The molecule has 96 valence electrons. The minimum Gasteiger partial charge on any atom is -0.380 e. The summed E-state index contributed by atoms with van der Waals surface area (Å²) in [6, 6.07) is 8.33. The maximum absolute atomic E-state index is 5.95. The normalized spacial score (nSPS) is 13.0. The molecule has 1 atom stereocenters. The molecule has 0 amide bonds. The Kier molecular flexibility index (Phi) is 6.56. The number of halogens is 1. The third-order valence-corrected chi connectivity index (χ3v) is 3.00. The molecule has 0 heterocycles. The van der Waals surface area contributed by atoms with Crippen LogP contribution >= 0.6 is 11.6 Å². The summed E-state index contributed by atoms with van der Waals surface area (Å²) in [5.74, 6) is 0.556. The molecular weight excluding hydrogens is 234 g/mol. The van der Waals surface area contributed by atoms with Crippen molar-refractivity contribution < 1.29 is 4.74 Å². The zero-order valence-electron chi connectivity index (χ0n) is 10.9. The molecule has 0 aliphatic carbocycles. The van der Waals surface area contributed by atoms with Crippen LogP contribution < -0.4 is 5.32 Å². The first-order valence-corrected chi connectivity index (χ1v) is 6.56. The molecule has 1 unspecified atom stereocenters. The van der Waals surface area contributed by atoms with E-state index in [0.717, 1.165) is 24.8 Å². The van der Waals surface area contributed by atoms with Crippen LogP contribution in [0.15, 0.2) is 24.3 Å². The van der Waals surface area contributed by atoms with E-state index in [1.165, 1.54) is 5.56 Å². The number of benzene rings is 1. The molecule has 1 rings (SSSR count). The minimum atomic E-state index is 0.383. The van der Waals surface area contributed by atoms with Gasteiger partial charge in [0.15, 0.2) is 0 Å². The molecular formula is C14H22ClNO. The number of ether oxygens (including phenoxy) is 1. The van der Waals surface area contributed by atoms with Crippen molar-refractivity contribution in [2.24, 2.45) is 5.92 Å². The number of rotatable bonds is 7. The Morgan fingerprint density at radius 1 is 1.35 bits per heavy atom. The number of hydrogen-bond acceptors (Lipinski definition) is 2. The first-order valence-electron chi connectivity index (χ1n) is 6.19. The van der Waals surface area contributed by atoms with Crippen LogP contribution in [0, 0.1) is 5.92 Å². The predicted octanol–water partition coefficient (Wildman–Crippen LogP) is 3.49. The minimum absolute atomic E-state index is 0.383. The van der Waals surface area contributed by atoms with Gasteiger partial charge in [-0.15, -0.1) is 0 Å². The Hall–Kier alpha value is -0.570. The highest BCUT2D eigenvalue weighted by atomic mass is 35.5. The predicted molar refractivity (Wildman–Crippen MR) is 73.4 cm³/mol. The SMILES string of the molecule is CCOCC(NCc1cccc(Cl)c1)C(C)C. The lowest BCUT2D eigenvalue weighted by Crippen LogP contribution is -2.37. The summed E-state index contributed by atoms with van der Waals surface area (Å²) in [5.41, 5.74) is 1.21. The molecule has 0 fully saturated rings. The van der Waals surface area contributed by atoms with Crippen molar-refractivity contribution in [3.63, 3.8) is 0 Å². The summed E-state index contributed by atoms with van der Waals surface area (Å²) in [5, 5.41) is 4.30. The van der Waals surface area contributed by atoms with Gasteiger partial charge < -0.3 is 10.1 Å². The van der Waals surface area contributed by atoms with Crippen molar-refractivity contribution in [1.29, 1.82) is 0 Å². The van der Waals surface area contributed by atoms with Gasteiger partial charge in [0.1, 0.15) is 0 Å². The third-order valence-electron chi connectivity index (χ3n) is 2.76. The van der Waals surface area contributed by atoms with Gasteiger partial charge in [-0.25, -0.2) is 0 Å². The fourth-order valence-electron chi connectivity index (χ4n) is 1.63. The zero-order valence-corrected chi connectivity index (χ0v) is 11.6. The van der Waals surface area contributed by atoms with Crippen LogP contribution in [0.5, 0.6) is 0 Å². The summed E-state index contributed by atoms with van der Waals surface area (Å²) in [6.45, 7) is 8.78. The highest BCUT2D eigenvalue weighted by Gasteiger charge is 2.12. The fourth-order valence-corrected chi connectivity index (χ4v) is 1.84. The topological polar surface area (TPSA) is 21.3 Å². The maximum atomic E-state index is 5.95. The van der Waals surface area contributed by atoms with E-state index in [0.29, 0.717) is 12.0 Å². The molecule has 17 heavy (non-hydrogen) atoms. The molecule has 1 N–H and O–H groups in total. The van der Waals surface area contributed by atoms with Crippen LogP contribution in [0.3, 0.4) is 0 Å². The number of nitrogens with one attached hydrogen (secondary N) is 1. The summed E-state index contributed by atoms with van der Waals surface area (Å²) in [4.78, 5) is 0. The lowest BCUT2D eigenvalue weighted by Gasteiger charge is -2.22. The van der Waals surface area contributed by atoms with Crippen molar-refractivity contribution in [1.82, 2.24) is 5.32 Å². The van der Waals surface area contributed by atoms with Gasteiger partial charge in [0, 0.05) is 24.2 Å². The Balaban J connectivity index is 2.45.